The van der Waals surface area contributed by atoms with E-state index in [9.17, 15) is 0 Å². The van der Waals surface area contributed by atoms with Crippen molar-refractivity contribution in [3.8, 4) is 5.88 Å². The predicted molar refractivity (Wildman–Crippen MR) is 63.1 cm³/mol. The van der Waals surface area contributed by atoms with E-state index in [0.29, 0.717) is 5.88 Å². The summed E-state index contributed by atoms with van der Waals surface area (Å²) >= 11 is 0. The van der Waals surface area contributed by atoms with Crippen molar-refractivity contribution in [3.05, 3.63) is 29.5 Å². The van der Waals surface area contributed by atoms with Gasteiger partial charge in [0.15, 0.2) is 0 Å². The SMILES string of the molecule is CNCCC=Cc1ccc(OC)nc1C. The Labute approximate surface area is 91.2 Å². The van der Waals surface area contributed by atoms with Crippen molar-refractivity contribution in [2.24, 2.45) is 0 Å². The standard InChI is InChI=1S/C12H18N2O/c1-10-11(6-4-5-9-13-2)7-8-12(14-10)15-3/h4,6-8,13H,5,9H2,1-3H3. The van der Waals surface area contributed by atoms with Gasteiger partial charge in [0.25, 0.3) is 0 Å². The average molecular weight is 206 g/mol. The molecule has 0 aliphatic heterocycles. The molecule has 0 aliphatic rings. The van der Waals surface area contributed by atoms with Crippen LogP contribution in [0.5, 0.6) is 5.88 Å². The van der Waals surface area contributed by atoms with Gasteiger partial charge in [-0.05, 0) is 38.6 Å². The summed E-state index contributed by atoms with van der Waals surface area (Å²) in [6.07, 6.45) is 5.27. The average Bonchev–Trinajstić information content (AvgIpc) is 2.26. The Bertz CT molecular complexity index is 334. The fourth-order valence-corrected chi connectivity index (χ4v) is 1.28. The van der Waals surface area contributed by atoms with Crippen LogP contribution in [0, 0.1) is 6.92 Å². The quantitative estimate of drug-likeness (QED) is 0.748. The van der Waals surface area contributed by atoms with Crippen LogP contribution in [0.4, 0.5) is 0 Å². The van der Waals surface area contributed by atoms with Crippen molar-refractivity contribution >= 4 is 6.08 Å². The van der Waals surface area contributed by atoms with Crippen LogP contribution in [0.15, 0.2) is 18.2 Å². The highest BCUT2D eigenvalue weighted by Gasteiger charge is 1.97. The van der Waals surface area contributed by atoms with Crippen LogP contribution in [-0.4, -0.2) is 25.7 Å². The molecule has 82 valence electrons. The number of nitrogens with zero attached hydrogens (tertiary/aromatic N) is 1. The highest BCUT2D eigenvalue weighted by Crippen LogP contribution is 2.13. The van der Waals surface area contributed by atoms with Crippen molar-refractivity contribution in [1.29, 1.82) is 0 Å². The monoisotopic (exact) mass is 206 g/mol. The lowest BCUT2D eigenvalue weighted by Gasteiger charge is -2.02. The molecule has 0 bridgehead atoms. The van der Waals surface area contributed by atoms with Gasteiger partial charge in [-0.15, -0.1) is 0 Å². The van der Waals surface area contributed by atoms with Gasteiger partial charge in [-0.25, -0.2) is 4.98 Å². The molecule has 1 rings (SSSR count). The van der Waals surface area contributed by atoms with Gasteiger partial charge >= 0.3 is 0 Å². The third kappa shape index (κ3) is 3.72. The molecule has 0 atom stereocenters. The molecule has 1 N–H and O–H groups in total. The number of ether oxygens (including phenoxy) is 1. The zero-order valence-corrected chi connectivity index (χ0v) is 9.58. The number of aromatic nitrogens is 1. The van der Waals surface area contributed by atoms with E-state index in [1.54, 1.807) is 7.11 Å². The van der Waals surface area contributed by atoms with E-state index >= 15 is 0 Å². The number of rotatable bonds is 5. The number of pyridine rings is 1. The van der Waals surface area contributed by atoms with E-state index in [0.717, 1.165) is 24.2 Å². The minimum absolute atomic E-state index is 0.667. The minimum atomic E-state index is 0.667. The summed E-state index contributed by atoms with van der Waals surface area (Å²) in [5.41, 5.74) is 2.14. The van der Waals surface area contributed by atoms with Gasteiger partial charge in [-0.1, -0.05) is 12.2 Å². The Kier molecular flexibility index (Phi) is 4.84. The molecule has 3 nitrogen and oxygen atoms in total. The van der Waals surface area contributed by atoms with Gasteiger partial charge in [0, 0.05) is 11.8 Å². The Morgan fingerprint density at radius 2 is 2.27 bits per heavy atom. The van der Waals surface area contributed by atoms with Crippen molar-refractivity contribution in [1.82, 2.24) is 10.3 Å². The fourth-order valence-electron chi connectivity index (χ4n) is 1.28. The van der Waals surface area contributed by atoms with Gasteiger partial charge in [0.1, 0.15) is 0 Å². The van der Waals surface area contributed by atoms with Gasteiger partial charge in [-0.3, -0.25) is 0 Å². The molecule has 0 saturated carbocycles. The molecule has 0 unspecified atom stereocenters. The lowest BCUT2D eigenvalue weighted by molar-refractivity contribution is 0.397. The number of aryl methyl sites for hydroxylation is 1. The highest BCUT2D eigenvalue weighted by molar-refractivity contribution is 5.52. The van der Waals surface area contributed by atoms with Crippen molar-refractivity contribution < 1.29 is 4.74 Å². The Hall–Kier alpha value is -1.35. The molecule has 1 heterocycles. The van der Waals surface area contributed by atoms with E-state index in [2.05, 4.69) is 22.5 Å². The molecular weight excluding hydrogens is 188 g/mol. The summed E-state index contributed by atoms with van der Waals surface area (Å²) in [5, 5.41) is 3.10. The summed E-state index contributed by atoms with van der Waals surface area (Å²) in [6, 6.07) is 3.90. The maximum absolute atomic E-state index is 5.05. The van der Waals surface area contributed by atoms with Crippen LogP contribution in [-0.2, 0) is 0 Å². The summed E-state index contributed by atoms with van der Waals surface area (Å²) in [7, 11) is 3.58. The van der Waals surface area contributed by atoms with Crippen LogP contribution < -0.4 is 10.1 Å². The minimum Gasteiger partial charge on any atom is -0.481 e. The predicted octanol–water partition coefficient (Wildman–Crippen LogP) is 2.02. The van der Waals surface area contributed by atoms with Gasteiger partial charge < -0.3 is 10.1 Å². The second kappa shape index (κ2) is 6.19. The maximum atomic E-state index is 5.05. The van der Waals surface area contributed by atoms with E-state index < -0.39 is 0 Å². The summed E-state index contributed by atoms with van der Waals surface area (Å²) < 4.78 is 5.05. The number of hydrogen-bond acceptors (Lipinski definition) is 3. The van der Waals surface area contributed by atoms with Gasteiger partial charge in [0.05, 0.1) is 7.11 Å². The zero-order valence-electron chi connectivity index (χ0n) is 9.58. The normalized spacial score (nSPS) is 10.9. The molecule has 0 saturated heterocycles. The molecule has 0 aliphatic carbocycles. The third-order valence-electron chi connectivity index (χ3n) is 2.17. The van der Waals surface area contributed by atoms with Crippen molar-refractivity contribution in [2.45, 2.75) is 13.3 Å². The Morgan fingerprint density at radius 1 is 1.47 bits per heavy atom. The maximum Gasteiger partial charge on any atom is 0.213 e. The molecule has 15 heavy (non-hydrogen) atoms. The second-order valence-electron chi connectivity index (χ2n) is 3.32. The molecule has 1 aromatic rings. The first kappa shape index (κ1) is 11.7. The van der Waals surface area contributed by atoms with E-state index in [1.165, 1.54) is 0 Å². The van der Waals surface area contributed by atoms with Crippen LogP contribution in [0.2, 0.25) is 0 Å². The topological polar surface area (TPSA) is 34.1 Å². The van der Waals surface area contributed by atoms with Crippen LogP contribution in [0.1, 0.15) is 17.7 Å². The summed E-state index contributed by atoms with van der Waals surface area (Å²) in [5.74, 6) is 0.667. The molecule has 0 amide bonds. The first-order valence-electron chi connectivity index (χ1n) is 5.10. The largest absolute Gasteiger partial charge is 0.481 e. The number of hydrogen-bond donors (Lipinski definition) is 1. The Morgan fingerprint density at radius 3 is 2.87 bits per heavy atom. The molecule has 0 radical (unpaired) electrons. The van der Waals surface area contributed by atoms with Crippen molar-refractivity contribution in [2.75, 3.05) is 20.7 Å². The summed E-state index contributed by atoms with van der Waals surface area (Å²) in [6.45, 7) is 2.99. The lowest BCUT2D eigenvalue weighted by atomic mass is 10.2. The van der Waals surface area contributed by atoms with Gasteiger partial charge in [-0.2, -0.15) is 0 Å². The zero-order chi connectivity index (χ0) is 11.1. The molecule has 1 aromatic heterocycles. The molecule has 0 spiro atoms. The number of methoxy groups -OCH3 is 1. The molecule has 3 heteroatoms. The highest BCUT2D eigenvalue weighted by atomic mass is 16.5. The lowest BCUT2D eigenvalue weighted by Crippen LogP contribution is -2.05. The van der Waals surface area contributed by atoms with Crippen LogP contribution in [0.3, 0.4) is 0 Å². The van der Waals surface area contributed by atoms with Crippen LogP contribution in [0.25, 0.3) is 6.08 Å². The smallest absolute Gasteiger partial charge is 0.213 e. The van der Waals surface area contributed by atoms with Gasteiger partial charge in [0.2, 0.25) is 5.88 Å². The molecule has 0 fully saturated rings. The Balaban J connectivity index is 2.65. The van der Waals surface area contributed by atoms with Crippen molar-refractivity contribution in [3.63, 3.8) is 0 Å². The van der Waals surface area contributed by atoms with E-state index in [-0.39, 0.29) is 0 Å². The summed E-state index contributed by atoms with van der Waals surface area (Å²) in [4.78, 5) is 4.30. The first-order chi connectivity index (χ1) is 7.27. The molecular formula is C12H18N2O. The number of nitrogens with one attached hydrogen (secondary N) is 1. The van der Waals surface area contributed by atoms with E-state index in [1.807, 2.05) is 26.1 Å². The first-order valence-corrected chi connectivity index (χ1v) is 5.10. The third-order valence-corrected chi connectivity index (χ3v) is 2.17. The molecule has 0 aromatic carbocycles. The fraction of sp³-hybridized carbons (Fsp3) is 0.417. The van der Waals surface area contributed by atoms with Crippen LogP contribution >= 0.6 is 0 Å². The second-order valence-corrected chi connectivity index (χ2v) is 3.32. The van der Waals surface area contributed by atoms with E-state index in [4.69, 9.17) is 4.74 Å².